The quantitative estimate of drug-likeness (QED) is 0.470. The second-order valence-corrected chi connectivity index (χ2v) is 6.68. The Hall–Kier alpha value is -0.990. The fourth-order valence-electron chi connectivity index (χ4n) is 1.28. The van der Waals surface area contributed by atoms with Gasteiger partial charge >= 0.3 is 0 Å². The zero-order valence-electron chi connectivity index (χ0n) is 7.95. The summed E-state index contributed by atoms with van der Waals surface area (Å²) in [6.07, 6.45) is 8.35. The van der Waals surface area contributed by atoms with Crippen molar-refractivity contribution in [3.63, 3.8) is 0 Å². The maximum Gasteiger partial charge on any atom is 0.0913 e. The lowest BCUT2D eigenvalue weighted by molar-refractivity contribution is 1.55. The number of rotatable bonds is 6. The summed E-state index contributed by atoms with van der Waals surface area (Å²) >= 11 is 0. The van der Waals surface area contributed by atoms with Crippen molar-refractivity contribution >= 4 is 12.7 Å². The molecule has 0 aliphatic carbocycles. The molecule has 0 aromatic heterocycles. The molecule has 0 heterocycles. The molecule has 0 fully saturated rings. The van der Waals surface area contributed by atoms with Gasteiger partial charge in [0.05, 0.1) is 6.07 Å². The summed E-state index contributed by atoms with van der Waals surface area (Å²) in [5.41, 5.74) is 0. The van der Waals surface area contributed by atoms with Gasteiger partial charge in [0.25, 0.3) is 0 Å². The molecule has 0 aliphatic heterocycles. The van der Waals surface area contributed by atoms with Crippen LogP contribution in [0.1, 0.15) is 0 Å². The van der Waals surface area contributed by atoms with Crippen LogP contribution in [0.3, 0.4) is 0 Å². The van der Waals surface area contributed by atoms with Gasteiger partial charge in [0.1, 0.15) is 0 Å². The lowest BCUT2D eigenvalue weighted by Crippen LogP contribution is -1.98. The van der Waals surface area contributed by atoms with Crippen LogP contribution in [0.2, 0.25) is 0 Å². The molecule has 0 rings (SSSR count). The predicted octanol–water partition coefficient (Wildman–Crippen LogP) is 2.89. The molecular weight excluding hydrogens is 177 g/mol. The molecule has 0 radical (unpaired) electrons. The van der Waals surface area contributed by atoms with E-state index in [1.165, 1.54) is 0 Å². The lowest BCUT2D eigenvalue weighted by atomic mass is 10.7. The molecule has 0 unspecified atom stereocenters. The molecule has 0 aliphatic rings. The average Bonchev–Trinajstić information content (AvgIpc) is 2.06. The zero-order chi connectivity index (χ0) is 10.2. The third-order valence-corrected chi connectivity index (χ3v) is 5.43. The number of nitrogens with zero attached hydrogens (tertiary/aromatic N) is 1. The molecule has 0 saturated heterocycles. The van der Waals surface area contributed by atoms with Gasteiger partial charge in [-0.05, 0) is 18.5 Å². The fraction of sp³-hybridized carbons (Fsp3) is 0.273. The lowest BCUT2D eigenvalue weighted by Gasteiger charge is -2.19. The van der Waals surface area contributed by atoms with Crippen LogP contribution in [0.25, 0.3) is 0 Å². The highest BCUT2D eigenvalue weighted by Crippen LogP contribution is 2.46. The monoisotopic (exact) mass is 193 g/mol. The highest BCUT2D eigenvalue weighted by atomic mass is 31.2. The third-order valence-electron chi connectivity index (χ3n) is 1.81. The zero-order valence-corrected chi connectivity index (χ0v) is 8.84. The molecule has 70 valence electrons. The number of allylic oxidation sites excluding steroid dienone is 3. The van der Waals surface area contributed by atoms with Crippen molar-refractivity contribution in [2.24, 2.45) is 0 Å². The van der Waals surface area contributed by atoms with Crippen LogP contribution in [0.5, 0.6) is 0 Å². The molecule has 0 atom stereocenters. The van der Waals surface area contributed by atoms with Crippen molar-refractivity contribution < 1.29 is 0 Å². The van der Waals surface area contributed by atoms with Crippen molar-refractivity contribution in [3.05, 3.63) is 38.0 Å². The van der Waals surface area contributed by atoms with Crippen LogP contribution in [0.4, 0.5) is 0 Å². The predicted molar refractivity (Wildman–Crippen MR) is 63.8 cm³/mol. The summed E-state index contributed by atoms with van der Waals surface area (Å²) in [6, 6.07) is 2.14. The number of hydrogen-bond donors (Lipinski definition) is 0. The molecule has 13 heavy (non-hydrogen) atoms. The second kappa shape index (κ2) is 6.52. The first-order chi connectivity index (χ1) is 6.24. The summed E-state index contributed by atoms with van der Waals surface area (Å²) in [7, 11) is 0. The highest BCUT2D eigenvalue weighted by molar-refractivity contribution is 7.75. The molecule has 0 amide bonds. The van der Waals surface area contributed by atoms with Crippen LogP contribution in [0, 0.1) is 11.3 Å². The van der Waals surface area contributed by atoms with E-state index in [1.807, 2.05) is 18.2 Å². The number of nitriles is 1. The molecule has 0 saturated carbocycles. The Bertz CT molecular complexity index is 248. The Kier molecular flexibility index (Phi) is 6.02. The van der Waals surface area contributed by atoms with Crippen molar-refractivity contribution in [1.82, 2.24) is 0 Å². The van der Waals surface area contributed by atoms with E-state index < -0.39 is 6.89 Å². The minimum Gasteiger partial charge on any atom is -0.193 e. The maximum atomic E-state index is 8.70. The number of hydrogen-bond acceptors (Lipinski definition) is 1. The van der Waals surface area contributed by atoms with E-state index in [0.29, 0.717) is 0 Å². The van der Waals surface area contributed by atoms with E-state index in [1.54, 1.807) is 5.80 Å². The van der Waals surface area contributed by atoms with Gasteiger partial charge in [-0.2, -0.15) is 5.26 Å². The van der Waals surface area contributed by atoms with E-state index >= 15 is 0 Å². The van der Waals surface area contributed by atoms with E-state index in [-0.39, 0.29) is 0 Å². The minimum absolute atomic E-state index is 0.901. The summed E-state index contributed by atoms with van der Waals surface area (Å²) < 4.78 is 0. The van der Waals surface area contributed by atoms with Crippen molar-refractivity contribution in [2.75, 3.05) is 18.5 Å². The maximum absolute atomic E-state index is 8.70. The van der Waals surface area contributed by atoms with Crippen LogP contribution in [-0.2, 0) is 0 Å². The molecule has 0 spiro atoms. The van der Waals surface area contributed by atoms with Crippen molar-refractivity contribution in [1.29, 1.82) is 5.26 Å². The largest absolute Gasteiger partial charge is 0.193 e. The topological polar surface area (TPSA) is 23.8 Å². The fourth-order valence-corrected chi connectivity index (χ4v) is 3.83. The first-order valence-electron chi connectivity index (χ1n) is 4.17. The molecule has 0 aromatic rings. The summed E-state index contributed by atoms with van der Waals surface area (Å²) in [4.78, 5) is 0. The van der Waals surface area contributed by atoms with Crippen LogP contribution < -0.4 is 0 Å². The van der Waals surface area contributed by atoms with Gasteiger partial charge in [0.15, 0.2) is 0 Å². The standard InChI is InChI=1S/C11H16NP/c1-4-8-13(9-5-2,10-6-3)11-7-12/h4-6,11H,1-3,8-10H2. The Morgan fingerprint density at radius 1 is 1.00 bits per heavy atom. The average molecular weight is 193 g/mol. The Morgan fingerprint density at radius 2 is 1.38 bits per heavy atom. The van der Waals surface area contributed by atoms with Crippen LogP contribution in [0.15, 0.2) is 38.0 Å². The van der Waals surface area contributed by atoms with E-state index in [9.17, 15) is 0 Å². The smallest absolute Gasteiger partial charge is 0.0913 e. The summed E-state index contributed by atoms with van der Waals surface area (Å²) in [5, 5.41) is 8.70. The van der Waals surface area contributed by atoms with Crippen molar-refractivity contribution in [3.8, 4) is 6.07 Å². The van der Waals surface area contributed by atoms with Gasteiger partial charge in [-0.1, -0.05) is 25.1 Å². The summed E-state index contributed by atoms with van der Waals surface area (Å²) in [6.45, 7) is 9.83. The van der Waals surface area contributed by atoms with Gasteiger partial charge in [0, 0.05) is 5.80 Å². The normalized spacial score (nSPS) is 9.77. The van der Waals surface area contributed by atoms with Gasteiger partial charge in [-0.25, -0.2) is 0 Å². The SMILES string of the molecule is C=CCP(=CC#N)(CC=C)CC=C. The van der Waals surface area contributed by atoms with E-state index in [2.05, 4.69) is 25.8 Å². The molecule has 2 heteroatoms. The first-order valence-corrected chi connectivity index (χ1v) is 6.58. The first kappa shape index (κ1) is 12.0. The van der Waals surface area contributed by atoms with Gasteiger partial charge in [0.2, 0.25) is 0 Å². The molecule has 0 bridgehead atoms. The Labute approximate surface area is 81.1 Å². The third kappa shape index (κ3) is 3.97. The van der Waals surface area contributed by atoms with Gasteiger partial charge < -0.3 is 0 Å². The Morgan fingerprint density at radius 3 is 1.62 bits per heavy atom. The molecule has 0 aromatic carbocycles. The Balaban J connectivity index is 4.91. The molecule has 1 nitrogen and oxygen atoms in total. The van der Waals surface area contributed by atoms with Gasteiger partial charge in [-0.3, -0.25) is 0 Å². The summed E-state index contributed by atoms with van der Waals surface area (Å²) in [5.74, 6) is 1.78. The molecular formula is C11H16NP. The van der Waals surface area contributed by atoms with Crippen LogP contribution >= 0.6 is 6.89 Å². The van der Waals surface area contributed by atoms with Crippen LogP contribution in [-0.4, -0.2) is 24.3 Å². The molecule has 0 N–H and O–H groups in total. The second-order valence-electron chi connectivity index (χ2n) is 2.89. The minimum atomic E-state index is -1.34. The highest BCUT2D eigenvalue weighted by Gasteiger charge is 2.11. The van der Waals surface area contributed by atoms with E-state index in [0.717, 1.165) is 18.5 Å². The van der Waals surface area contributed by atoms with Gasteiger partial charge in [-0.15, -0.1) is 19.7 Å². The van der Waals surface area contributed by atoms with Crippen molar-refractivity contribution in [2.45, 2.75) is 0 Å². The van der Waals surface area contributed by atoms with E-state index in [4.69, 9.17) is 5.26 Å².